The predicted molar refractivity (Wildman–Crippen MR) is 153 cm³/mol. The van der Waals surface area contributed by atoms with Crippen LogP contribution in [-0.4, -0.2) is 27.0 Å². The Labute approximate surface area is 217 Å². The molecule has 0 aliphatic rings. The zero-order chi connectivity index (χ0) is 25.9. The van der Waals surface area contributed by atoms with Gasteiger partial charge in [0, 0.05) is 47.5 Å². The second-order valence-electron chi connectivity index (χ2n) is 9.43. The van der Waals surface area contributed by atoms with Crippen LogP contribution in [0.25, 0.3) is 22.0 Å². The highest BCUT2D eigenvalue weighted by Crippen LogP contribution is 2.36. The first kappa shape index (κ1) is 24.2. The summed E-state index contributed by atoms with van der Waals surface area (Å²) in [7, 11) is 1.84. The predicted octanol–water partition coefficient (Wildman–Crippen LogP) is 7.36. The molecule has 0 saturated heterocycles. The van der Waals surface area contributed by atoms with Crippen LogP contribution in [0.15, 0.2) is 73.3 Å². The quantitative estimate of drug-likeness (QED) is 0.220. The molecule has 0 aliphatic carbocycles. The van der Waals surface area contributed by atoms with Crippen molar-refractivity contribution in [2.45, 2.75) is 33.6 Å². The fourth-order valence-corrected chi connectivity index (χ4v) is 4.64. The van der Waals surface area contributed by atoms with Crippen molar-refractivity contribution in [1.29, 1.82) is 0 Å². The third-order valence-electron chi connectivity index (χ3n) is 6.56. The van der Waals surface area contributed by atoms with E-state index in [1.165, 1.54) is 11.1 Å². The first-order chi connectivity index (χ1) is 17.9. The first-order valence-electron chi connectivity index (χ1n) is 12.4. The maximum absolute atomic E-state index is 4.67. The lowest BCUT2D eigenvalue weighted by Crippen LogP contribution is -2.02. The Morgan fingerprint density at radius 2 is 1.57 bits per heavy atom. The van der Waals surface area contributed by atoms with Crippen LogP contribution in [0.3, 0.4) is 0 Å². The smallest absolute Gasteiger partial charge is 0.139 e. The summed E-state index contributed by atoms with van der Waals surface area (Å²) in [5, 5.41) is 12.3. The van der Waals surface area contributed by atoms with E-state index in [9.17, 15) is 0 Å². The summed E-state index contributed by atoms with van der Waals surface area (Å²) in [6.45, 7) is 8.69. The van der Waals surface area contributed by atoms with Crippen LogP contribution < -0.4 is 16.0 Å². The standard InChI is InChI=1S/C30H31N7/c1-18(2)22-11-9-21(15-20(22)4)36-29-24-10-8-19(3)28(23(24)12-14-33-29)37-30-25(7-6-13-32-30)26-16-27(31-5)35-17-34-26/h6-18H,1-5H3,(H,32,37)(H,33,36)(H,31,34,35). The van der Waals surface area contributed by atoms with Crippen LogP contribution >= 0.6 is 0 Å². The largest absolute Gasteiger partial charge is 0.373 e. The van der Waals surface area contributed by atoms with Crippen molar-refractivity contribution in [3.63, 3.8) is 0 Å². The third-order valence-corrected chi connectivity index (χ3v) is 6.56. The van der Waals surface area contributed by atoms with Crippen LogP contribution in [0.4, 0.5) is 28.8 Å². The van der Waals surface area contributed by atoms with Gasteiger partial charge in [0.2, 0.25) is 0 Å². The first-order valence-corrected chi connectivity index (χ1v) is 12.4. The minimum Gasteiger partial charge on any atom is -0.373 e. The summed E-state index contributed by atoms with van der Waals surface area (Å²) in [6, 6.07) is 18.6. The number of rotatable bonds is 7. The minimum absolute atomic E-state index is 0.491. The SMILES string of the molecule is CNc1cc(-c2cccnc2Nc2c(C)ccc3c(Nc4ccc(C(C)C)c(C)c4)nccc23)ncn1. The van der Waals surface area contributed by atoms with E-state index in [0.717, 1.165) is 56.4 Å². The summed E-state index contributed by atoms with van der Waals surface area (Å²) in [5.74, 6) is 2.78. The van der Waals surface area contributed by atoms with Crippen molar-refractivity contribution in [2.24, 2.45) is 0 Å². The molecule has 3 heterocycles. The molecule has 3 aromatic heterocycles. The van der Waals surface area contributed by atoms with Crippen LogP contribution in [0.5, 0.6) is 0 Å². The molecule has 0 fully saturated rings. The third kappa shape index (κ3) is 4.93. The van der Waals surface area contributed by atoms with E-state index in [1.54, 1.807) is 12.5 Å². The van der Waals surface area contributed by atoms with E-state index in [4.69, 9.17) is 0 Å². The highest BCUT2D eigenvalue weighted by molar-refractivity contribution is 6.03. The Bertz CT molecular complexity index is 1580. The molecule has 0 unspecified atom stereocenters. The Balaban J connectivity index is 1.54. The summed E-state index contributed by atoms with van der Waals surface area (Å²) in [5.41, 5.74) is 7.42. The molecule has 0 saturated carbocycles. The molecule has 37 heavy (non-hydrogen) atoms. The Morgan fingerprint density at radius 3 is 2.35 bits per heavy atom. The molecule has 7 heteroatoms. The van der Waals surface area contributed by atoms with Gasteiger partial charge in [-0.1, -0.05) is 32.0 Å². The van der Waals surface area contributed by atoms with E-state index in [0.29, 0.717) is 5.92 Å². The maximum Gasteiger partial charge on any atom is 0.139 e. The average Bonchev–Trinajstić information content (AvgIpc) is 2.90. The number of aromatic nitrogens is 4. The lowest BCUT2D eigenvalue weighted by Gasteiger charge is -2.17. The van der Waals surface area contributed by atoms with Crippen LogP contribution in [0.1, 0.15) is 36.5 Å². The summed E-state index contributed by atoms with van der Waals surface area (Å²) in [6.07, 6.45) is 5.18. The molecular formula is C30H31N7. The number of nitrogens with zero attached hydrogens (tertiary/aromatic N) is 4. The topological polar surface area (TPSA) is 87.7 Å². The number of hydrogen-bond acceptors (Lipinski definition) is 7. The van der Waals surface area contributed by atoms with Gasteiger partial charge in [-0.25, -0.2) is 19.9 Å². The molecule has 0 amide bonds. The lowest BCUT2D eigenvalue weighted by atomic mass is 9.97. The van der Waals surface area contributed by atoms with Crippen molar-refractivity contribution in [1.82, 2.24) is 19.9 Å². The molecule has 0 atom stereocenters. The van der Waals surface area contributed by atoms with Gasteiger partial charge in [-0.05, 0) is 66.8 Å². The maximum atomic E-state index is 4.67. The number of fused-ring (bicyclic) bond motifs is 1. The van der Waals surface area contributed by atoms with Gasteiger partial charge in [-0.2, -0.15) is 0 Å². The van der Waals surface area contributed by atoms with Crippen LogP contribution in [-0.2, 0) is 0 Å². The molecular weight excluding hydrogens is 458 g/mol. The molecule has 0 aliphatic heterocycles. The monoisotopic (exact) mass is 489 g/mol. The summed E-state index contributed by atoms with van der Waals surface area (Å²) in [4.78, 5) is 18.0. The average molecular weight is 490 g/mol. The minimum atomic E-state index is 0.491. The van der Waals surface area contributed by atoms with Crippen molar-refractivity contribution in [3.8, 4) is 11.3 Å². The molecule has 0 spiro atoms. The van der Waals surface area contributed by atoms with Crippen molar-refractivity contribution in [2.75, 3.05) is 23.0 Å². The van der Waals surface area contributed by atoms with Gasteiger partial charge >= 0.3 is 0 Å². The van der Waals surface area contributed by atoms with Gasteiger partial charge in [-0.15, -0.1) is 0 Å². The van der Waals surface area contributed by atoms with Gasteiger partial charge < -0.3 is 16.0 Å². The number of hydrogen-bond donors (Lipinski definition) is 3. The fourth-order valence-electron chi connectivity index (χ4n) is 4.64. The highest BCUT2D eigenvalue weighted by Gasteiger charge is 2.14. The lowest BCUT2D eigenvalue weighted by molar-refractivity contribution is 0.857. The molecule has 7 nitrogen and oxygen atoms in total. The molecule has 2 aromatic carbocycles. The zero-order valence-electron chi connectivity index (χ0n) is 21.8. The van der Waals surface area contributed by atoms with Gasteiger partial charge in [0.1, 0.15) is 23.8 Å². The van der Waals surface area contributed by atoms with E-state index in [2.05, 4.69) is 93.9 Å². The van der Waals surface area contributed by atoms with Gasteiger partial charge in [0.05, 0.1) is 11.4 Å². The Morgan fingerprint density at radius 1 is 0.730 bits per heavy atom. The fraction of sp³-hybridized carbons (Fsp3) is 0.200. The van der Waals surface area contributed by atoms with Gasteiger partial charge in [0.25, 0.3) is 0 Å². The zero-order valence-corrected chi connectivity index (χ0v) is 21.8. The second kappa shape index (κ2) is 10.2. The Kier molecular flexibility index (Phi) is 6.68. The van der Waals surface area contributed by atoms with Crippen LogP contribution in [0, 0.1) is 13.8 Å². The van der Waals surface area contributed by atoms with Gasteiger partial charge in [0.15, 0.2) is 0 Å². The van der Waals surface area contributed by atoms with Crippen molar-refractivity contribution >= 4 is 39.6 Å². The number of aryl methyl sites for hydroxylation is 2. The van der Waals surface area contributed by atoms with E-state index in [-0.39, 0.29) is 0 Å². The van der Waals surface area contributed by atoms with E-state index in [1.807, 2.05) is 37.5 Å². The Hall–Kier alpha value is -4.52. The van der Waals surface area contributed by atoms with Crippen LogP contribution in [0.2, 0.25) is 0 Å². The summed E-state index contributed by atoms with van der Waals surface area (Å²) < 4.78 is 0. The molecule has 186 valence electrons. The molecule has 3 N–H and O–H groups in total. The molecule has 5 rings (SSSR count). The number of pyridine rings is 2. The van der Waals surface area contributed by atoms with Crippen molar-refractivity contribution < 1.29 is 0 Å². The number of nitrogens with one attached hydrogen (secondary N) is 3. The summed E-state index contributed by atoms with van der Waals surface area (Å²) >= 11 is 0. The van der Waals surface area contributed by atoms with Crippen molar-refractivity contribution in [3.05, 3.63) is 90.0 Å². The highest BCUT2D eigenvalue weighted by atomic mass is 15.0. The van der Waals surface area contributed by atoms with Gasteiger partial charge in [-0.3, -0.25) is 0 Å². The molecule has 0 bridgehead atoms. The normalized spacial score (nSPS) is 11.1. The molecule has 0 radical (unpaired) electrons. The van der Waals surface area contributed by atoms with E-state index >= 15 is 0 Å². The molecule has 5 aromatic rings. The second-order valence-corrected chi connectivity index (χ2v) is 9.43. The number of anilines is 5. The number of benzene rings is 2. The van der Waals surface area contributed by atoms with E-state index < -0.39 is 0 Å².